The van der Waals surface area contributed by atoms with Gasteiger partial charge in [-0.3, -0.25) is 0 Å². The van der Waals surface area contributed by atoms with Gasteiger partial charge in [-0.25, -0.2) is 4.68 Å². The van der Waals surface area contributed by atoms with E-state index in [0.717, 1.165) is 30.0 Å². The van der Waals surface area contributed by atoms with Gasteiger partial charge in [0.05, 0.1) is 12.2 Å². The summed E-state index contributed by atoms with van der Waals surface area (Å²) < 4.78 is 13.5. The van der Waals surface area contributed by atoms with Crippen molar-refractivity contribution < 1.29 is 9.47 Å². The van der Waals surface area contributed by atoms with Crippen molar-refractivity contribution in [3.63, 3.8) is 0 Å². The van der Waals surface area contributed by atoms with Crippen LogP contribution in [0.3, 0.4) is 0 Å². The smallest absolute Gasteiger partial charge is 0.161 e. The van der Waals surface area contributed by atoms with Crippen LogP contribution in [0.15, 0.2) is 60.8 Å². The zero-order valence-electron chi connectivity index (χ0n) is 13.3. The highest BCUT2D eigenvalue weighted by Crippen LogP contribution is 2.31. The molecule has 0 bridgehead atoms. The van der Waals surface area contributed by atoms with Crippen molar-refractivity contribution in [2.45, 2.75) is 25.5 Å². The minimum atomic E-state index is -0.0522. The van der Waals surface area contributed by atoms with E-state index >= 15 is 0 Å². The SMILES string of the molecule is c1ccc(CCc2cn(CC3COc4ccccc4O3)nn2)cc1. The fraction of sp³-hybridized carbons (Fsp3) is 0.263. The van der Waals surface area contributed by atoms with E-state index in [1.54, 1.807) is 0 Å². The van der Waals surface area contributed by atoms with Crippen LogP contribution >= 0.6 is 0 Å². The van der Waals surface area contributed by atoms with Gasteiger partial charge in [0.1, 0.15) is 6.61 Å². The molecule has 2 heterocycles. The summed E-state index contributed by atoms with van der Waals surface area (Å²) in [5.41, 5.74) is 2.31. The average Bonchev–Trinajstić information content (AvgIpc) is 3.08. The van der Waals surface area contributed by atoms with Crippen molar-refractivity contribution in [3.8, 4) is 11.5 Å². The van der Waals surface area contributed by atoms with Gasteiger partial charge in [-0.05, 0) is 30.5 Å². The second kappa shape index (κ2) is 6.74. The third-order valence-corrected chi connectivity index (χ3v) is 4.06. The van der Waals surface area contributed by atoms with E-state index in [9.17, 15) is 0 Å². The number of aromatic nitrogens is 3. The predicted molar refractivity (Wildman–Crippen MR) is 90.2 cm³/mol. The molecule has 0 spiro atoms. The topological polar surface area (TPSA) is 49.2 Å². The molecular formula is C19H19N3O2. The Kier molecular flexibility index (Phi) is 4.14. The second-order valence-electron chi connectivity index (χ2n) is 5.92. The zero-order chi connectivity index (χ0) is 16.2. The lowest BCUT2D eigenvalue weighted by Gasteiger charge is -2.26. The molecule has 0 N–H and O–H groups in total. The quantitative estimate of drug-likeness (QED) is 0.725. The predicted octanol–water partition coefficient (Wildman–Crippen LogP) is 2.90. The summed E-state index contributed by atoms with van der Waals surface area (Å²) in [6.07, 6.45) is 3.79. The molecule has 0 amide bonds. The molecular weight excluding hydrogens is 302 g/mol. The number of hydrogen-bond donors (Lipinski definition) is 0. The van der Waals surface area contributed by atoms with Crippen molar-refractivity contribution in [2.24, 2.45) is 0 Å². The summed E-state index contributed by atoms with van der Waals surface area (Å²) in [6, 6.07) is 18.2. The first-order valence-corrected chi connectivity index (χ1v) is 8.18. The van der Waals surface area contributed by atoms with Gasteiger partial charge in [-0.2, -0.15) is 0 Å². The molecule has 1 aromatic heterocycles. The number of ether oxygens (including phenoxy) is 2. The van der Waals surface area contributed by atoms with Gasteiger partial charge < -0.3 is 9.47 Å². The van der Waals surface area contributed by atoms with Crippen molar-refractivity contribution in [2.75, 3.05) is 6.61 Å². The Morgan fingerprint density at radius 2 is 1.75 bits per heavy atom. The molecule has 3 aromatic rings. The Labute approximate surface area is 140 Å². The highest BCUT2D eigenvalue weighted by molar-refractivity contribution is 5.40. The molecule has 2 aromatic carbocycles. The summed E-state index contributed by atoms with van der Waals surface area (Å²) in [5, 5.41) is 8.47. The molecule has 122 valence electrons. The van der Waals surface area contributed by atoms with Gasteiger partial charge in [0.2, 0.25) is 0 Å². The third kappa shape index (κ3) is 3.40. The second-order valence-corrected chi connectivity index (χ2v) is 5.92. The van der Waals surface area contributed by atoms with Crippen LogP contribution in [-0.2, 0) is 19.4 Å². The van der Waals surface area contributed by atoms with Gasteiger partial charge in [-0.15, -0.1) is 5.10 Å². The van der Waals surface area contributed by atoms with Crippen LogP contribution in [0.2, 0.25) is 0 Å². The first kappa shape index (κ1) is 14.8. The number of nitrogens with zero attached hydrogens (tertiary/aromatic N) is 3. The maximum atomic E-state index is 5.96. The minimum absolute atomic E-state index is 0.0522. The first-order chi connectivity index (χ1) is 11.9. The van der Waals surface area contributed by atoms with Crippen molar-refractivity contribution in [3.05, 3.63) is 72.1 Å². The van der Waals surface area contributed by atoms with Gasteiger partial charge in [0.25, 0.3) is 0 Å². The summed E-state index contributed by atoms with van der Waals surface area (Å²) in [6.45, 7) is 1.16. The molecule has 1 aliphatic heterocycles. The highest BCUT2D eigenvalue weighted by Gasteiger charge is 2.21. The summed E-state index contributed by atoms with van der Waals surface area (Å²) in [4.78, 5) is 0. The maximum Gasteiger partial charge on any atom is 0.161 e. The van der Waals surface area contributed by atoms with Crippen LogP contribution in [0, 0.1) is 0 Å². The summed E-state index contributed by atoms with van der Waals surface area (Å²) in [5.74, 6) is 1.59. The van der Waals surface area contributed by atoms with Gasteiger partial charge in [0.15, 0.2) is 17.6 Å². The molecule has 1 atom stereocenters. The van der Waals surface area contributed by atoms with E-state index in [4.69, 9.17) is 9.47 Å². The van der Waals surface area contributed by atoms with E-state index in [1.165, 1.54) is 5.56 Å². The van der Waals surface area contributed by atoms with Crippen LogP contribution in [0.5, 0.6) is 11.5 Å². The molecule has 5 heteroatoms. The van der Waals surface area contributed by atoms with Gasteiger partial charge >= 0.3 is 0 Å². The molecule has 1 aliphatic rings. The number of para-hydroxylation sites is 2. The van der Waals surface area contributed by atoms with Crippen LogP contribution in [0.25, 0.3) is 0 Å². The van der Waals surface area contributed by atoms with Crippen molar-refractivity contribution in [1.82, 2.24) is 15.0 Å². The highest BCUT2D eigenvalue weighted by atomic mass is 16.6. The lowest BCUT2D eigenvalue weighted by molar-refractivity contribution is 0.0755. The first-order valence-electron chi connectivity index (χ1n) is 8.18. The normalized spacial score (nSPS) is 16.1. The van der Waals surface area contributed by atoms with Gasteiger partial charge in [-0.1, -0.05) is 47.7 Å². The minimum Gasteiger partial charge on any atom is -0.486 e. The van der Waals surface area contributed by atoms with E-state index in [-0.39, 0.29) is 6.10 Å². The van der Waals surface area contributed by atoms with Gasteiger partial charge in [0, 0.05) is 6.20 Å². The average molecular weight is 321 g/mol. The molecule has 5 nitrogen and oxygen atoms in total. The van der Waals surface area contributed by atoms with Crippen LogP contribution < -0.4 is 9.47 Å². The summed E-state index contributed by atoms with van der Waals surface area (Å²) >= 11 is 0. The fourth-order valence-electron chi connectivity index (χ4n) is 2.82. The Bertz CT molecular complexity index is 801. The molecule has 0 saturated carbocycles. The van der Waals surface area contributed by atoms with Crippen LogP contribution in [0.4, 0.5) is 0 Å². The molecule has 4 rings (SSSR count). The van der Waals surface area contributed by atoms with Crippen molar-refractivity contribution in [1.29, 1.82) is 0 Å². The molecule has 24 heavy (non-hydrogen) atoms. The monoisotopic (exact) mass is 321 g/mol. The Morgan fingerprint density at radius 3 is 2.62 bits per heavy atom. The number of aryl methyl sites for hydroxylation is 2. The summed E-state index contributed by atoms with van der Waals surface area (Å²) in [7, 11) is 0. The lowest BCUT2D eigenvalue weighted by Crippen LogP contribution is -2.33. The molecule has 0 aliphatic carbocycles. The standard InChI is InChI=1S/C19H19N3O2/c1-2-6-15(7-3-1)10-11-16-12-22(21-20-16)13-17-14-23-18-8-4-5-9-19(18)24-17/h1-9,12,17H,10-11,13-14H2. The van der Waals surface area contributed by atoms with E-state index in [0.29, 0.717) is 13.2 Å². The maximum absolute atomic E-state index is 5.96. The largest absolute Gasteiger partial charge is 0.486 e. The third-order valence-electron chi connectivity index (χ3n) is 4.06. The van der Waals surface area contributed by atoms with Crippen LogP contribution in [-0.4, -0.2) is 27.7 Å². The van der Waals surface area contributed by atoms with E-state index in [1.807, 2.05) is 41.2 Å². The Hall–Kier alpha value is -2.82. The lowest BCUT2D eigenvalue weighted by atomic mass is 10.1. The van der Waals surface area contributed by atoms with Crippen LogP contribution in [0.1, 0.15) is 11.3 Å². The molecule has 1 unspecified atom stereocenters. The Balaban J connectivity index is 1.34. The molecule has 0 fully saturated rings. The van der Waals surface area contributed by atoms with E-state index in [2.05, 4.69) is 34.6 Å². The fourth-order valence-corrected chi connectivity index (χ4v) is 2.82. The molecule has 0 saturated heterocycles. The van der Waals surface area contributed by atoms with Crippen molar-refractivity contribution >= 4 is 0 Å². The number of rotatable bonds is 5. The molecule has 0 radical (unpaired) electrons. The number of hydrogen-bond acceptors (Lipinski definition) is 4. The number of benzene rings is 2. The van der Waals surface area contributed by atoms with E-state index < -0.39 is 0 Å². The number of fused-ring (bicyclic) bond motifs is 1. The Morgan fingerprint density at radius 1 is 0.958 bits per heavy atom. The zero-order valence-corrected chi connectivity index (χ0v) is 13.3.